The van der Waals surface area contributed by atoms with Crippen molar-refractivity contribution in [1.29, 1.82) is 5.26 Å². The maximum Gasteiger partial charge on any atom is 0.191 e. The molecule has 102 valence electrons. The molecule has 0 bridgehead atoms. The van der Waals surface area contributed by atoms with Gasteiger partial charge < -0.3 is 5.11 Å². The summed E-state index contributed by atoms with van der Waals surface area (Å²) in [6.07, 6.45) is 0. The van der Waals surface area contributed by atoms with Crippen LogP contribution in [0.15, 0.2) is 48.5 Å². The quantitative estimate of drug-likeness (QED) is 0.781. The van der Waals surface area contributed by atoms with Crippen LogP contribution in [0.4, 0.5) is 0 Å². The summed E-state index contributed by atoms with van der Waals surface area (Å²) in [5.41, 5.74) is 3.62. The van der Waals surface area contributed by atoms with Crippen LogP contribution in [0, 0.1) is 18.3 Å². The molecule has 0 fully saturated rings. The van der Waals surface area contributed by atoms with E-state index in [-0.39, 0.29) is 11.4 Å². The molecule has 0 amide bonds. The Morgan fingerprint density at radius 2 is 1.90 bits per heavy atom. The number of benzene rings is 2. The fraction of sp³-hybridized carbons (Fsp3) is 0.0625. The SMILES string of the molecule is Cc1cccc(-c2c(C#N)nnn2-c2ccc(O)cc2)c1. The van der Waals surface area contributed by atoms with E-state index >= 15 is 0 Å². The average molecular weight is 276 g/mol. The van der Waals surface area contributed by atoms with Gasteiger partial charge >= 0.3 is 0 Å². The zero-order valence-electron chi connectivity index (χ0n) is 11.4. The second-order valence-electron chi connectivity index (χ2n) is 4.70. The zero-order chi connectivity index (χ0) is 14.8. The zero-order valence-corrected chi connectivity index (χ0v) is 11.4. The number of nitriles is 1. The second-order valence-corrected chi connectivity index (χ2v) is 4.70. The largest absolute Gasteiger partial charge is 0.508 e. The van der Waals surface area contributed by atoms with Crippen LogP contribution in [0.1, 0.15) is 11.3 Å². The summed E-state index contributed by atoms with van der Waals surface area (Å²) in [4.78, 5) is 0. The highest BCUT2D eigenvalue weighted by atomic mass is 16.3. The monoisotopic (exact) mass is 276 g/mol. The maximum absolute atomic E-state index is 9.38. The standard InChI is InChI=1S/C16H12N4O/c1-11-3-2-4-12(9-11)16-15(10-17)18-19-20(16)13-5-7-14(21)8-6-13/h2-9,21H,1H3. The van der Waals surface area contributed by atoms with Crippen molar-refractivity contribution < 1.29 is 5.11 Å². The van der Waals surface area contributed by atoms with E-state index in [2.05, 4.69) is 16.4 Å². The van der Waals surface area contributed by atoms with Gasteiger partial charge in [-0.1, -0.05) is 29.0 Å². The van der Waals surface area contributed by atoms with Gasteiger partial charge in [-0.15, -0.1) is 5.10 Å². The van der Waals surface area contributed by atoms with Crippen LogP contribution < -0.4 is 0 Å². The Morgan fingerprint density at radius 1 is 1.14 bits per heavy atom. The number of phenols is 1. The van der Waals surface area contributed by atoms with Crippen LogP contribution in [-0.4, -0.2) is 20.1 Å². The average Bonchev–Trinajstić information content (AvgIpc) is 2.92. The van der Waals surface area contributed by atoms with Crippen LogP contribution in [0.5, 0.6) is 5.75 Å². The van der Waals surface area contributed by atoms with Crippen LogP contribution in [-0.2, 0) is 0 Å². The molecular weight excluding hydrogens is 264 g/mol. The van der Waals surface area contributed by atoms with Gasteiger partial charge in [0.25, 0.3) is 0 Å². The van der Waals surface area contributed by atoms with Gasteiger partial charge in [-0.2, -0.15) is 5.26 Å². The van der Waals surface area contributed by atoms with Gasteiger partial charge in [0.2, 0.25) is 0 Å². The van der Waals surface area contributed by atoms with Gasteiger partial charge in [-0.25, -0.2) is 4.68 Å². The summed E-state index contributed by atoms with van der Waals surface area (Å²) < 4.78 is 1.60. The third kappa shape index (κ3) is 2.35. The summed E-state index contributed by atoms with van der Waals surface area (Å²) >= 11 is 0. The number of hydrogen-bond acceptors (Lipinski definition) is 4. The molecule has 3 aromatic rings. The molecule has 1 N–H and O–H groups in total. The molecular formula is C16H12N4O. The first-order valence-electron chi connectivity index (χ1n) is 6.41. The van der Waals surface area contributed by atoms with Crippen molar-refractivity contribution in [3.8, 4) is 28.8 Å². The van der Waals surface area contributed by atoms with E-state index in [1.54, 1.807) is 28.9 Å². The lowest BCUT2D eigenvalue weighted by atomic mass is 10.1. The molecule has 1 aromatic heterocycles. The minimum absolute atomic E-state index is 0.177. The van der Waals surface area contributed by atoms with Crippen molar-refractivity contribution in [3.63, 3.8) is 0 Å². The van der Waals surface area contributed by atoms with Gasteiger partial charge in [0, 0.05) is 5.56 Å². The van der Waals surface area contributed by atoms with E-state index < -0.39 is 0 Å². The molecule has 2 aromatic carbocycles. The molecule has 0 atom stereocenters. The van der Waals surface area contributed by atoms with E-state index in [1.165, 1.54) is 0 Å². The van der Waals surface area contributed by atoms with Gasteiger partial charge in [0.05, 0.1) is 5.69 Å². The minimum Gasteiger partial charge on any atom is -0.508 e. The summed E-state index contributed by atoms with van der Waals surface area (Å²) in [5, 5.41) is 26.6. The molecule has 5 heteroatoms. The molecule has 0 saturated heterocycles. The third-order valence-corrected chi connectivity index (χ3v) is 3.16. The summed E-state index contributed by atoms with van der Waals surface area (Å²) in [5.74, 6) is 0.177. The molecule has 3 rings (SSSR count). The number of phenolic OH excluding ortho intramolecular Hbond substituents is 1. The van der Waals surface area contributed by atoms with Crippen molar-refractivity contribution in [1.82, 2.24) is 15.0 Å². The van der Waals surface area contributed by atoms with Gasteiger partial charge in [-0.05, 0) is 37.3 Å². The number of nitrogens with zero attached hydrogens (tertiary/aromatic N) is 4. The fourth-order valence-electron chi connectivity index (χ4n) is 2.18. The molecule has 0 radical (unpaired) electrons. The Hall–Kier alpha value is -3.13. The van der Waals surface area contributed by atoms with E-state index in [1.807, 2.05) is 31.2 Å². The number of rotatable bonds is 2. The summed E-state index contributed by atoms with van der Waals surface area (Å²) in [7, 11) is 0. The molecule has 0 aliphatic heterocycles. The van der Waals surface area contributed by atoms with Crippen LogP contribution in [0.2, 0.25) is 0 Å². The van der Waals surface area contributed by atoms with Crippen molar-refractivity contribution in [2.75, 3.05) is 0 Å². The molecule has 0 unspecified atom stereocenters. The van der Waals surface area contributed by atoms with Gasteiger partial charge in [0.15, 0.2) is 5.69 Å². The first-order chi connectivity index (χ1) is 10.2. The molecule has 0 aliphatic carbocycles. The number of hydrogen-bond donors (Lipinski definition) is 1. The minimum atomic E-state index is 0.177. The fourth-order valence-corrected chi connectivity index (χ4v) is 2.18. The molecule has 0 aliphatic rings. The number of aromatic hydroxyl groups is 1. The summed E-state index contributed by atoms with van der Waals surface area (Å²) in [6.45, 7) is 1.99. The van der Waals surface area contributed by atoms with Crippen molar-refractivity contribution in [3.05, 3.63) is 59.8 Å². The normalized spacial score (nSPS) is 10.3. The molecule has 0 saturated carbocycles. The first-order valence-corrected chi connectivity index (χ1v) is 6.41. The predicted octanol–water partition coefficient (Wildman–Crippen LogP) is 2.82. The maximum atomic E-state index is 9.38. The smallest absolute Gasteiger partial charge is 0.191 e. The summed E-state index contributed by atoms with van der Waals surface area (Å²) in [6, 6.07) is 16.5. The molecule has 0 spiro atoms. The van der Waals surface area contributed by atoms with E-state index in [0.29, 0.717) is 5.69 Å². The highest BCUT2D eigenvalue weighted by Crippen LogP contribution is 2.26. The van der Waals surface area contributed by atoms with Gasteiger partial charge in [0.1, 0.15) is 17.5 Å². The lowest BCUT2D eigenvalue weighted by Gasteiger charge is -2.07. The topological polar surface area (TPSA) is 74.7 Å². The Morgan fingerprint density at radius 3 is 2.57 bits per heavy atom. The number of aromatic nitrogens is 3. The number of aryl methyl sites for hydroxylation is 1. The Kier molecular flexibility index (Phi) is 3.13. The van der Waals surface area contributed by atoms with Crippen molar-refractivity contribution in [2.45, 2.75) is 6.92 Å². The van der Waals surface area contributed by atoms with Crippen molar-refractivity contribution in [2.24, 2.45) is 0 Å². The van der Waals surface area contributed by atoms with Crippen LogP contribution >= 0.6 is 0 Å². The van der Waals surface area contributed by atoms with Crippen LogP contribution in [0.25, 0.3) is 16.9 Å². The molecule has 5 nitrogen and oxygen atoms in total. The van der Waals surface area contributed by atoms with E-state index in [9.17, 15) is 10.4 Å². The lowest BCUT2D eigenvalue weighted by Crippen LogP contribution is -1.99. The van der Waals surface area contributed by atoms with Crippen LogP contribution in [0.3, 0.4) is 0 Å². The predicted molar refractivity (Wildman–Crippen MR) is 77.9 cm³/mol. The second kappa shape index (κ2) is 5.10. The highest BCUT2D eigenvalue weighted by molar-refractivity contribution is 5.67. The van der Waals surface area contributed by atoms with E-state index in [4.69, 9.17) is 0 Å². The Bertz CT molecular complexity index is 828. The molecule has 1 heterocycles. The van der Waals surface area contributed by atoms with Crippen molar-refractivity contribution >= 4 is 0 Å². The highest BCUT2D eigenvalue weighted by Gasteiger charge is 2.16. The first kappa shape index (κ1) is 12.9. The Labute approximate surface area is 121 Å². The van der Waals surface area contributed by atoms with E-state index in [0.717, 1.165) is 16.8 Å². The lowest BCUT2D eigenvalue weighted by molar-refractivity contribution is 0.475. The van der Waals surface area contributed by atoms with Gasteiger partial charge in [-0.3, -0.25) is 0 Å². The third-order valence-electron chi connectivity index (χ3n) is 3.16. The Balaban J connectivity index is 2.22. The molecule has 21 heavy (non-hydrogen) atoms.